The summed E-state index contributed by atoms with van der Waals surface area (Å²) >= 11 is 1.72. The van der Waals surface area contributed by atoms with Crippen LogP contribution < -0.4 is 10.1 Å². The van der Waals surface area contributed by atoms with E-state index in [2.05, 4.69) is 18.3 Å². The summed E-state index contributed by atoms with van der Waals surface area (Å²) in [6, 6.07) is 14.1. The van der Waals surface area contributed by atoms with Crippen LogP contribution in [0.1, 0.15) is 37.8 Å². The fourth-order valence-electron chi connectivity index (χ4n) is 3.19. The zero-order valence-electron chi connectivity index (χ0n) is 14.9. The highest BCUT2D eigenvalue weighted by molar-refractivity contribution is 7.99. The molecule has 3 nitrogen and oxygen atoms in total. The van der Waals surface area contributed by atoms with E-state index in [1.54, 1.807) is 11.8 Å². The van der Waals surface area contributed by atoms with E-state index in [9.17, 15) is 4.79 Å². The highest BCUT2D eigenvalue weighted by Gasteiger charge is 2.20. The number of amides is 1. The van der Waals surface area contributed by atoms with Crippen molar-refractivity contribution in [3.63, 3.8) is 0 Å². The fourth-order valence-corrected chi connectivity index (χ4v) is 3.95. The maximum atomic E-state index is 12.6. The van der Waals surface area contributed by atoms with Crippen LogP contribution in [0.15, 0.2) is 47.4 Å². The highest BCUT2D eigenvalue weighted by atomic mass is 32.2. The van der Waals surface area contributed by atoms with Crippen LogP contribution in [0.25, 0.3) is 0 Å². The molecule has 1 atom stereocenters. The molecule has 2 aromatic carbocycles. The Bertz CT molecular complexity index is 744. The third kappa shape index (κ3) is 4.37. The van der Waals surface area contributed by atoms with Crippen LogP contribution in [-0.4, -0.2) is 17.8 Å². The molecular weight excluding hydrogens is 330 g/mol. The molecule has 0 bridgehead atoms. The van der Waals surface area contributed by atoms with Crippen LogP contribution in [0, 0.1) is 0 Å². The molecule has 0 unspecified atom stereocenters. The normalized spacial score (nSPS) is 14.5. The summed E-state index contributed by atoms with van der Waals surface area (Å²) in [5.41, 5.74) is 3.49. The van der Waals surface area contributed by atoms with Gasteiger partial charge >= 0.3 is 0 Å². The molecule has 0 saturated carbocycles. The second-order valence-corrected chi connectivity index (χ2v) is 7.59. The van der Waals surface area contributed by atoms with Gasteiger partial charge < -0.3 is 10.1 Å². The van der Waals surface area contributed by atoms with Crippen LogP contribution in [0.5, 0.6) is 5.75 Å². The van der Waals surface area contributed by atoms with Crippen molar-refractivity contribution in [3.05, 3.63) is 53.6 Å². The number of thioether (sulfide) groups is 1. The molecule has 0 radical (unpaired) electrons. The number of rotatable bonds is 6. The van der Waals surface area contributed by atoms with Gasteiger partial charge in [0.2, 0.25) is 0 Å². The zero-order valence-corrected chi connectivity index (χ0v) is 15.7. The number of benzene rings is 2. The van der Waals surface area contributed by atoms with E-state index in [0.29, 0.717) is 0 Å². The van der Waals surface area contributed by atoms with Crippen LogP contribution >= 0.6 is 11.8 Å². The molecule has 1 N–H and O–H groups in total. The van der Waals surface area contributed by atoms with Gasteiger partial charge in [-0.1, -0.05) is 31.2 Å². The van der Waals surface area contributed by atoms with E-state index < -0.39 is 6.10 Å². The summed E-state index contributed by atoms with van der Waals surface area (Å²) < 4.78 is 6.03. The van der Waals surface area contributed by atoms with Crippen molar-refractivity contribution >= 4 is 23.4 Å². The molecule has 4 heteroatoms. The number of carbonyl (C=O) groups is 1. The Morgan fingerprint density at radius 1 is 1.16 bits per heavy atom. The maximum Gasteiger partial charge on any atom is 0.265 e. The minimum Gasteiger partial charge on any atom is -0.481 e. The van der Waals surface area contributed by atoms with Crippen molar-refractivity contribution in [2.75, 3.05) is 11.1 Å². The molecule has 1 aliphatic rings. The molecule has 2 aromatic rings. The Morgan fingerprint density at radius 3 is 2.80 bits per heavy atom. The van der Waals surface area contributed by atoms with E-state index >= 15 is 0 Å². The van der Waals surface area contributed by atoms with Crippen LogP contribution in [0.3, 0.4) is 0 Å². The number of anilines is 1. The molecule has 0 aromatic heterocycles. The number of hydrogen-bond acceptors (Lipinski definition) is 3. The summed E-state index contributed by atoms with van der Waals surface area (Å²) in [7, 11) is 0. The molecular formula is C21H25NO2S. The van der Waals surface area contributed by atoms with Crippen molar-refractivity contribution in [1.82, 2.24) is 0 Å². The van der Waals surface area contributed by atoms with Crippen LogP contribution in [0.2, 0.25) is 0 Å². The summed E-state index contributed by atoms with van der Waals surface area (Å²) in [5.74, 6) is 1.71. The zero-order chi connectivity index (χ0) is 17.6. The summed E-state index contributed by atoms with van der Waals surface area (Å²) in [6.45, 7) is 3.92. The van der Waals surface area contributed by atoms with Crippen LogP contribution in [0.4, 0.5) is 5.69 Å². The third-order valence-electron chi connectivity index (χ3n) is 4.47. The van der Waals surface area contributed by atoms with Gasteiger partial charge in [0.05, 0.1) is 5.69 Å². The fraction of sp³-hybridized carbons (Fsp3) is 0.381. The summed E-state index contributed by atoms with van der Waals surface area (Å²) in [5, 5.41) is 3.01. The number of fused-ring (bicyclic) bond motifs is 1. The van der Waals surface area contributed by atoms with Crippen LogP contribution in [-0.2, 0) is 17.6 Å². The Hall–Kier alpha value is -1.94. The molecule has 132 valence electrons. The van der Waals surface area contributed by atoms with Gasteiger partial charge in [-0.15, -0.1) is 11.8 Å². The van der Waals surface area contributed by atoms with Crippen molar-refractivity contribution in [2.45, 2.75) is 50.5 Å². The lowest BCUT2D eigenvalue weighted by Crippen LogP contribution is -2.30. The van der Waals surface area contributed by atoms with Gasteiger partial charge in [-0.05, 0) is 67.7 Å². The molecule has 3 rings (SSSR count). The van der Waals surface area contributed by atoms with E-state index in [4.69, 9.17) is 4.74 Å². The first-order chi connectivity index (χ1) is 12.2. The average Bonchev–Trinajstić information content (AvgIpc) is 2.64. The highest BCUT2D eigenvalue weighted by Crippen LogP contribution is 2.31. The predicted octanol–water partition coefficient (Wildman–Crippen LogP) is 5.08. The van der Waals surface area contributed by atoms with Crippen molar-refractivity contribution < 1.29 is 9.53 Å². The number of para-hydroxylation sites is 1. The predicted molar refractivity (Wildman–Crippen MR) is 105 cm³/mol. The van der Waals surface area contributed by atoms with Gasteiger partial charge in [-0.25, -0.2) is 0 Å². The van der Waals surface area contributed by atoms with Gasteiger partial charge in [0, 0.05) is 4.90 Å². The molecule has 0 aliphatic heterocycles. The molecule has 25 heavy (non-hydrogen) atoms. The van der Waals surface area contributed by atoms with E-state index in [-0.39, 0.29) is 5.91 Å². The van der Waals surface area contributed by atoms with E-state index in [1.165, 1.54) is 24.0 Å². The van der Waals surface area contributed by atoms with E-state index in [1.807, 2.05) is 43.3 Å². The first-order valence-corrected chi connectivity index (χ1v) is 9.97. The van der Waals surface area contributed by atoms with Gasteiger partial charge in [-0.2, -0.15) is 0 Å². The average molecular weight is 356 g/mol. The Labute approximate surface area is 154 Å². The van der Waals surface area contributed by atoms with Gasteiger partial charge in [0.1, 0.15) is 5.75 Å². The molecule has 0 fully saturated rings. The van der Waals surface area contributed by atoms with Gasteiger partial charge in [-0.3, -0.25) is 4.79 Å². The Balaban J connectivity index is 1.70. The first-order valence-electron chi connectivity index (χ1n) is 8.99. The smallest absolute Gasteiger partial charge is 0.265 e. The Kier molecular flexibility index (Phi) is 6.03. The molecule has 0 saturated heterocycles. The van der Waals surface area contributed by atoms with Gasteiger partial charge in [0.15, 0.2) is 6.10 Å². The SMILES string of the molecule is CCSc1ccccc1NC(=O)[C@@H](C)Oc1cccc2c1CCCC2. The van der Waals surface area contributed by atoms with Crippen molar-refractivity contribution in [3.8, 4) is 5.75 Å². The Morgan fingerprint density at radius 2 is 1.96 bits per heavy atom. The standard InChI is InChI=1S/C21H25NO2S/c1-3-25-20-14-7-6-12-18(20)22-21(23)15(2)24-19-13-8-10-16-9-4-5-11-17(16)19/h6-8,10,12-15H,3-5,9,11H2,1-2H3,(H,22,23)/t15-/m1/s1. The number of hydrogen-bond donors (Lipinski definition) is 1. The molecule has 1 amide bonds. The molecule has 0 heterocycles. The second-order valence-electron chi connectivity index (χ2n) is 6.28. The van der Waals surface area contributed by atoms with E-state index in [0.717, 1.165) is 34.9 Å². The second kappa shape index (κ2) is 8.43. The quantitative estimate of drug-likeness (QED) is 0.734. The lowest BCUT2D eigenvalue weighted by molar-refractivity contribution is -0.122. The minimum atomic E-state index is -0.534. The lowest BCUT2D eigenvalue weighted by atomic mass is 9.91. The third-order valence-corrected chi connectivity index (χ3v) is 5.43. The summed E-state index contributed by atoms with van der Waals surface area (Å²) in [6.07, 6.45) is 4.03. The number of aryl methyl sites for hydroxylation is 1. The van der Waals surface area contributed by atoms with Crippen molar-refractivity contribution in [2.24, 2.45) is 0 Å². The number of carbonyl (C=O) groups excluding carboxylic acids is 1. The minimum absolute atomic E-state index is 0.113. The number of nitrogens with one attached hydrogen (secondary N) is 1. The topological polar surface area (TPSA) is 38.3 Å². The van der Waals surface area contributed by atoms with Crippen molar-refractivity contribution in [1.29, 1.82) is 0 Å². The monoisotopic (exact) mass is 355 g/mol. The molecule has 1 aliphatic carbocycles. The maximum absolute atomic E-state index is 12.6. The molecule has 0 spiro atoms. The largest absolute Gasteiger partial charge is 0.481 e. The first kappa shape index (κ1) is 17.9. The van der Waals surface area contributed by atoms with Gasteiger partial charge in [0.25, 0.3) is 5.91 Å². The number of ether oxygens (including phenoxy) is 1. The lowest BCUT2D eigenvalue weighted by Gasteiger charge is -2.22. The summed E-state index contributed by atoms with van der Waals surface area (Å²) in [4.78, 5) is 13.7.